The van der Waals surface area contributed by atoms with Gasteiger partial charge in [-0.15, -0.1) is 0 Å². The number of aliphatic imine (C=N–C) groups is 1. The highest BCUT2D eigenvalue weighted by Gasteiger charge is 2.37. The molecule has 1 aliphatic carbocycles. The van der Waals surface area contributed by atoms with Crippen molar-refractivity contribution in [3.8, 4) is 0 Å². The van der Waals surface area contributed by atoms with E-state index in [2.05, 4.69) is 10.3 Å². The fourth-order valence-corrected chi connectivity index (χ4v) is 2.97. The van der Waals surface area contributed by atoms with Gasteiger partial charge in [-0.05, 0) is 31.4 Å². The van der Waals surface area contributed by atoms with Crippen molar-refractivity contribution in [1.29, 1.82) is 0 Å². The van der Waals surface area contributed by atoms with Crippen molar-refractivity contribution in [2.75, 3.05) is 24.5 Å². The first kappa shape index (κ1) is 13.3. The molecule has 1 aromatic carbocycles. The lowest BCUT2D eigenvalue weighted by molar-refractivity contribution is -0.119. The van der Waals surface area contributed by atoms with Gasteiger partial charge in [-0.3, -0.25) is 19.6 Å². The normalized spacial score (nSPS) is 20.2. The molecule has 1 aromatic rings. The van der Waals surface area contributed by atoms with Gasteiger partial charge in [-0.2, -0.15) is 0 Å². The van der Waals surface area contributed by atoms with Crippen LogP contribution in [-0.2, 0) is 4.79 Å². The van der Waals surface area contributed by atoms with Gasteiger partial charge in [0.2, 0.25) is 5.91 Å². The number of rotatable bonds is 3. The lowest BCUT2D eigenvalue weighted by Crippen LogP contribution is -2.55. The minimum Gasteiger partial charge on any atom is -0.352 e. The van der Waals surface area contributed by atoms with Crippen molar-refractivity contribution in [3.63, 3.8) is 0 Å². The molecule has 3 aliphatic rings. The summed E-state index contributed by atoms with van der Waals surface area (Å²) in [5.74, 6) is 0.647. The molecule has 1 saturated carbocycles. The zero-order valence-electron chi connectivity index (χ0n) is 12.3. The summed E-state index contributed by atoms with van der Waals surface area (Å²) >= 11 is 0. The Hall–Kier alpha value is -2.37. The summed E-state index contributed by atoms with van der Waals surface area (Å²) < 4.78 is 0. The first-order chi connectivity index (χ1) is 10.7. The smallest absolute Gasteiger partial charge is 0.330 e. The zero-order chi connectivity index (χ0) is 15.1. The van der Waals surface area contributed by atoms with E-state index in [4.69, 9.17) is 0 Å². The lowest BCUT2D eigenvalue weighted by atomic mass is 10.1. The largest absolute Gasteiger partial charge is 0.352 e. The number of amidine groups is 1. The molecule has 6 heteroatoms. The van der Waals surface area contributed by atoms with Gasteiger partial charge in [0.15, 0.2) is 0 Å². The van der Waals surface area contributed by atoms with E-state index in [1.54, 1.807) is 9.80 Å². The minimum absolute atomic E-state index is 0.0656. The molecule has 1 N–H and O–H groups in total. The van der Waals surface area contributed by atoms with Crippen LogP contribution in [0.15, 0.2) is 29.3 Å². The zero-order valence-corrected chi connectivity index (χ0v) is 12.3. The minimum atomic E-state index is -0.150. The summed E-state index contributed by atoms with van der Waals surface area (Å²) in [5, 5.41) is 2.94. The molecular formula is C16H18N4O2. The number of benzene rings is 1. The molecule has 0 atom stereocenters. The van der Waals surface area contributed by atoms with E-state index in [1.807, 2.05) is 24.3 Å². The van der Waals surface area contributed by atoms with E-state index in [9.17, 15) is 9.59 Å². The van der Waals surface area contributed by atoms with Crippen molar-refractivity contribution < 1.29 is 9.59 Å². The average molecular weight is 298 g/mol. The number of anilines is 1. The number of urea groups is 1. The van der Waals surface area contributed by atoms with E-state index in [1.165, 1.54) is 0 Å². The Kier molecular flexibility index (Phi) is 3.10. The Labute approximate surface area is 128 Å². The van der Waals surface area contributed by atoms with Gasteiger partial charge in [-0.25, -0.2) is 4.79 Å². The van der Waals surface area contributed by atoms with Crippen LogP contribution < -0.4 is 10.2 Å². The molecule has 0 aromatic heterocycles. The van der Waals surface area contributed by atoms with Gasteiger partial charge in [0.05, 0.1) is 5.69 Å². The number of hydrogen-bond acceptors (Lipinski definition) is 3. The van der Waals surface area contributed by atoms with E-state index in [0.717, 1.165) is 42.9 Å². The standard InChI is InChI=1S/C16H18N4O2/c21-14(18-11-6-7-11)10-20-13-5-2-1-4-12(13)15-17-8-3-9-19(15)16(20)22/h1-2,4-5,11H,3,6-10H2,(H,18,21). The first-order valence-electron chi connectivity index (χ1n) is 7.76. The third-order valence-corrected chi connectivity index (χ3v) is 4.20. The van der Waals surface area contributed by atoms with Crippen LogP contribution in [-0.4, -0.2) is 48.3 Å². The molecule has 1 fully saturated rings. The molecule has 6 nitrogen and oxygen atoms in total. The summed E-state index contributed by atoms with van der Waals surface area (Å²) in [4.78, 5) is 32.6. The van der Waals surface area contributed by atoms with E-state index in [0.29, 0.717) is 12.6 Å². The van der Waals surface area contributed by atoms with Crippen molar-refractivity contribution in [2.24, 2.45) is 4.99 Å². The van der Waals surface area contributed by atoms with Crippen LogP contribution in [0.2, 0.25) is 0 Å². The van der Waals surface area contributed by atoms with E-state index in [-0.39, 0.29) is 18.5 Å². The molecule has 114 valence electrons. The maximum atomic E-state index is 12.8. The molecule has 0 spiro atoms. The number of amides is 3. The third-order valence-electron chi connectivity index (χ3n) is 4.20. The molecule has 2 aliphatic heterocycles. The number of nitrogens with zero attached hydrogens (tertiary/aromatic N) is 3. The highest BCUT2D eigenvalue weighted by molar-refractivity contribution is 6.20. The van der Waals surface area contributed by atoms with Crippen molar-refractivity contribution in [2.45, 2.75) is 25.3 Å². The Morgan fingerprint density at radius 3 is 2.95 bits per heavy atom. The first-order valence-corrected chi connectivity index (χ1v) is 7.76. The number of para-hydroxylation sites is 1. The second-order valence-electron chi connectivity index (χ2n) is 5.94. The Morgan fingerprint density at radius 1 is 1.32 bits per heavy atom. The van der Waals surface area contributed by atoms with Gasteiger partial charge in [0.25, 0.3) is 0 Å². The number of carbonyl (C=O) groups excluding carboxylic acids is 2. The number of hydrogen-bond donors (Lipinski definition) is 1. The molecule has 0 saturated heterocycles. The predicted molar refractivity (Wildman–Crippen MR) is 83.1 cm³/mol. The fourth-order valence-electron chi connectivity index (χ4n) is 2.97. The van der Waals surface area contributed by atoms with Crippen LogP contribution in [0, 0.1) is 0 Å². The van der Waals surface area contributed by atoms with Crippen molar-refractivity contribution in [3.05, 3.63) is 29.8 Å². The van der Waals surface area contributed by atoms with Crippen LogP contribution in [0.3, 0.4) is 0 Å². The summed E-state index contributed by atoms with van der Waals surface area (Å²) in [6, 6.07) is 7.82. The SMILES string of the molecule is O=C(CN1C(=O)N2CCCN=C2c2ccccc21)NC1CC1. The Balaban J connectivity index is 1.67. The summed E-state index contributed by atoms with van der Waals surface area (Å²) in [5.41, 5.74) is 1.70. The van der Waals surface area contributed by atoms with Crippen molar-refractivity contribution >= 4 is 23.5 Å². The molecule has 0 radical (unpaired) electrons. The van der Waals surface area contributed by atoms with E-state index >= 15 is 0 Å². The summed E-state index contributed by atoms with van der Waals surface area (Å²) in [6.07, 6.45) is 2.94. The topological polar surface area (TPSA) is 65.0 Å². The molecule has 22 heavy (non-hydrogen) atoms. The highest BCUT2D eigenvalue weighted by Crippen LogP contribution is 2.30. The van der Waals surface area contributed by atoms with Crippen molar-refractivity contribution in [1.82, 2.24) is 10.2 Å². The van der Waals surface area contributed by atoms with Gasteiger partial charge >= 0.3 is 6.03 Å². The molecule has 0 bridgehead atoms. The average Bonchev–Trinajstić information content (AvgIpc) is 3.35. The summed E-state index contributed by atoms with van der Waals surface area (Å²) in [6.45, 7) is 1.47. The molecule has 2 heterocycles. The van der Waals surface area contributed by atoms with Crippen LogP contribution in [0.4, 0.5) is 10.5 Å². The van der Waals surface area contributed by atoms with Crippen LogP contribution >= 0.6 is 0 Å². The molecule has 4 rings (SSSR count). The lowest BCUT2D eigenvalue weighted by Gasteiger charge is -2.39. The monoisotopic (exact) mass is 298 g/mol. The van der Waals surface area contributed by atoms with Gasteiger partial charge in [-0.1, -0.05) is 12.1 Å². The number of fused-ring (bicyclic) bond motifs is 3. The number of carbonyl (C=O) groups is 2. The molecule has 0 unspecified atom stereocenters. The van der Waals surface area contributed by atoms with Gasteiger partial charge < -0.3 is 5.32 Å². The van der Waals surface area contributed by atoms with Crippen LogP contribution in [0.5, 0.6) is 0 Å². The Morgan fingerprint density at radius 2 is 2.14 bits per heavy atom. The highest BCUT2D eigenvalue weighted by atomic mass is 16.2. The molecule has 3 amide bonds. The second kappa shape index (κ2) is 5.12. The van der Waals surface area contributed by atoms with Gasteiger partial charge in [0.1, 0.15) is 12.4 Å². The quantitative estimate of drug-likeness (QED) is 0.915. The maximum absolute atomic E-state index is 12.8. The van der Waals surface area contributed by atoms with E-state index < -0.39 is 0 Å². The maximum Gasteiger partial charge on any atom is 0.330 e. The predicted octanol–water partition coefficient (Wildman–Crippen LogP) is 1.36. The number of nitrogens with one attached hydrogen (secondary N) is 1. The van der Waals surface area contributed by atoms with Gasteiger partial charge in [0, 0.05) is 24.7 Å². The Bertz CT molecular complexity index is 666. The van der Waals surface area contributed by atoms with Crippen LogP contribution in [0.25, 0.3) is 0 Å². The summed E-state index contributed by atoms with van der Waals surface area (Å²) in [7, 11) is 0. The van der Waals surface area contributed by atoms with Crippen LogP contribution in [0.1, 0.15) is 24.8 Å². The molecular weight excluding hydrogens is 280 g/mol. The fraction of sp³-hybridized carbons (Fsp3) is 0.438. The second-order valence-corrected chi connectivity index (χ2v) is 5.94. The third kappa shape index (κ3) is 2.24.